The van der Waals surface area contributed by atoms with Gasteiger partial charge in [-0.2, -0.15) is 0 Å². The summed E-state index contributed by atoms with van der Waals surface area (Å²) in [6, 6.07) is 24.7. The van der Waals surface area contributed by atoms with Crippen LogP contribution in [0, 0.1) is 6.92 Å². The Labute approximate surface area is 163 Å². The van der Waals surface area contributed by atoms with Crippen molar-refractivity contribution >= 4 is 16.8 Å². The largest absolute Gasteiger partial charge is 0.489 e. The molecule has 0 spiro atoms. The molecule has 4 aromatic rings. The summed E-state index contributed by atoms with van der Waals surface area (Å²) < 4.78 is 7.53. The van der Waals surface area contributed by atoms with Crippen molar-refractivity contribution in [3.63, 3.8) is 0 Å². The number of rotatable bonds is 5. The minimum atomic E-state index is -0.140. The third kappa shape index (κ3) is 3.30. The maximum Gasteiger partial charge on any atom is 0.262 e. The molecule has 0 aliphatic carbocycles. The lowest BCUT2D eigenvalue weighted by Crippen LogP contribution is -2.14. The van der Waals surface area contributed by atoms with E-state index in [2.05, 4.69) is 0 Å². The summed E-state index contributed by atoms with van der Waals surface area (Å²) in [7, 11) is 0. The van der Waals surface area contributed by atoms with Crippen LogP contribution in [0.2, 0.25) is 0 Å². The van der Waals surface area contributed by atoms with E-state index < -0.39 is 0 Å². The van der Waals surface area contributed by atoms with Crippen LogP contribution in [0.25, 0.3) is 10.9 Å². The zero-order chi connectivity index (χ0) is 19.5. The quantitative estimate of drug-likeness (QED) is 0.553. The summed E-state index contributed by atoms with van der Waals surface area (Å²) in [5, 5.41) is 10.7. The van der Waals surface area contributed by atoms with E-state index >= 15 is 0 Å². The molecule has 28 heavy (non-hydrogen) atoms. The van der Waals surface area contributed by atoms with Gasteiger partial charge in [-0.15, -0.1) is 0 Å². The van der Waals surface area contributed by atoms with E-state index in [4.69, 9.17) is 4.74 Å². The molecule has 4 nitrogen and oxygen atoms in total. The number of aliphatic hydroxyl groups excluding tert-OH is 1. The van der Waals surface area contributed by atoms with Crippen LogP contribution in [0.15, 0.2) is 78.9 Å². The third-order valence-corrected chi connectivity index (χ3v) is 4.93. The molecule has 1 heterocycles. The molecule has 0 amide bonds. The lowest BCUT2D eigenvalue weighted by Gasteiger charge is -2.10. The average Bonchev–Trinajstić information content (AvgIpc) is 3.03. The van der Waals surface area contributed by atoms with Crippen molar-refractivity contribution in [2.75, 3.05) is 0 Å². The van der Waals surface area contributed by atoms with E-state index in [1.807, 2.05) is 73.7 Å². The molecule has 0 saturated heterocycles. The van der Waals surface area contributed by atoms with Crippen LogP contribution in [-0.2, 0) is 13.2 Å². The zero-order valence-electron chi connectivity index (χ0n) is 15.6. The van der Waals surface area contributed by atoms with Gasteiger partial charge in [0, 0.05) is 22.2 Å². The summed E-state index contributed by atoms with van der Waals surface area (Å²) in [6.45, 7) is 2.20. The van der Waals surface area contributed by atoms with E-state index in [9.17, 15) is 9.90 Å². The predicted molar refractivity (Wildman–Crippen MR) is 110 cm³/mol. The van der Waals surface area contributed by atoms with Crippen molar-refractivity contribution in [3.05, 3.63) is 101 Å². The molecule has 4 heteroatoms. The van der Waals surface area contributed by atoms with Crippen molar-refractivity contribution < 1.29 is 14.6 Å². The minimum absolute atomic E-state index is 0.104. The molecule has 1 N–H and O–H groups in total. The Morgan fingerprint density at radius 1 is 0.964 bits per heavy atom. The summed E-state index contributed by atoms with van der Waals surface area (Å²) in [5.74, 6) is 0.504. The number of aliphatic hydroxyl groups is 1. The summed E-state index contributed by atoms with van der Waals surface area (Å²) in [4.78, 5) is 13.3. The lowest BCUT2D eigenvalue weighted by molar-refractivity contribution is 0.0962. The van der Waals surface area contributed by atoms with E-state index in [0.717, 1.165) is 27.7 Å². The monoisotopic (exact) mass is 371 g/mol. The molecule has 0 fully saturated rings. The van der Waals surface area contributed by atoms with Crippen molar-refractivity contribution in [1.29, 1.82) is 0 Å². The second kappa shape index (κ2) is 7.71. The van der Waals surface area contributed by atoms with Crippen LogP contribution in [0.5, 0.6) is 5.75 Å². The molecule has 3 aromatic carbocycles. The van der Waals surface area contributed by atoms with Crippen LogP contribution in [0.4, 0.5) is 0 Å². The van der Waals surface area contributed by atoms with Gasteiger partial charge < -0.3 is 9.84 Å². The van der Waals surface area contributed by atoms with Crippen molar-refractivity contribution in [3.8, 4) is 5.75 Å². The number of carbonyl (C=O) groups excluding carboxylic acids is 1. The van der Waals surface area contributed by atoms with Crippen molar-refractivity contribution in [2.45, 2.75) is 20.1 Å². The van der Waals surface area contributed by atoms with E-state index in [1.165, 1.54) is 0 Å². The SMILES string of the molecule is Cc1c(CO)c2ccccc2n1C(=O)c1cccc(OCc2ccccc2)c1. The summed E-state index contributed by atoms with van der Waals surface area (Å²) in [5.41, 5.74) is 3.94. The van der Waals surface area contributed by atoms with Gasteiger partial charge in [-0.25, -0.2) is 0 Å². The second-order valence-corrected chi connectivity index (χ2v) is 6.68. The number of para-hydroxylation sites is 1. The van der Waals surface area contributed by atoms with Crippen LogP contribution < -0.4 is 4.74 Å². The zero-order valence-corrected chi connectivity index (χ0v) is 15.6. The van der Waals surface area contributed by atoms with E-state index in [1.54, 1.807) is 16.7 Å². The fraction of sp³-hybridized carbons (Fsp3) is 0.125. The number of hydrogen-bond acceptors (Lipinski definition) is 3. The van der Waals surface area contributed by atoms with Gasteiger partial charge in [0.25, 0.3) is 5.91 Å². The number of carbonyl (C=O) groups is 1. The van der Waals surface area contributed by atoms with Gasteiger partial charge >= 0.3 is 0 Å². The highest BCUT2D eigenvalue weighted by Crippen LogP contribution is 2.27. The number of benzene rings is 3. The molecule has 1 aromatic heterocycles. The fourth-order valence-electron chi connectivity index (χ4n) is 3.48. The number of hydrogen-bond donors (Lipinski definition) is 1. The van der Waals surface area contributed by atoms with Crippen LogP contribution in [-0.4, -0.2) is 15.6 Å². The summed E-state index contributed by atoms with van der Waals surface area (Å²) >= 11 is 0. The van der Waals surface area contributed by atoms with Gasteiger partial charge in [0.05, 0.1) is 12.1 Å². The number of aromatic nitrogens is 1. The first-order chi connectivity index (χ1) is 13.7. The highest BCUT2D eigenvalue weighted by molar-refractivity contribution is 6.04. The molecule has 0 aliphatic rings. The third-order valence-electron chi connectivity index (χ3n) is 4.93. The Morgan fingerprint density at radius 2 is 1.71 bits per heavy atom. The number of nitrogens with zero attached hydrogens (tertiary/aromatic N) is 1. The molecule has 0 bridgehead atoms. The molecule has 0 radical (unpaired) electrons. The van der Waals surface area contributed by atoms with Crippen molar-refractivity contribution in [1.82, 2.24) is 4.57 Å². The van der Waals surface area contributed by atoms with Crippen LogP contribution >= 0.6 is 0 Å². The van der Waals surface area contributed by atoms with E-state index in [0.29, 0.717) is 17.9 Å². The van der Waals surface area contributed by atoms with Crippen molar-refractivity contribution in [2.24, 2.45) is 0 Å². The number of ether oxygens (including phenoxy) is 1. The topological polar surface area (TPSA) is 51.5 Å². The highest BCUT2D eigenvalue weighted by atomic mass is 16.5. The normalized spacial score (nSPS) is 10.9. The minimum Gasteiger partial charge on any atom is -0.489 e. The standard InChI is InChI=1S/C24H21NO3/c1-17-22(15-26)21-12-5-6-13-23(21)25(17)24(27)19-10-7-11-20(14-19)28-16-18-8-3-2-4-9-18/h2-14,26H,15-16H2,1H3. The number of fused-ring (bicyclic) bond motifs is 1. The molecule has 0 atom stereocenters. The first-order valence-corrected chi connectivity index (χ1v) is 9.20. The van der Waals surface area contributed by atoms with E-state index in [-0.39, 0.29) is 12.5 Å². The maximum atomic E-state index is 13.3. The average molecular weight is 371 g/mol. The molecule has 0 aliphatic heterocycles. The van der Waals surface area contributed by atoms with Gasteiger partial charge in [-0.3, -0.25) is 9.36 Å². The maximum absolute atomic E-state index is 13.3. The lowest BCUT2D eigenvalue weighted by atomic mass is 10.1. The molecular weight excluding hydrogens is 350 g/mol. The Hall–Kier alpha value is -3.37. The van der Waals surface area contributed by atoms with Gasteiger partial charge in [-0.1, -0.05) is 54.6 Å². The molecule has 0 unspecified atom stereocenters. The highest BCUT2D eigenvalue weighted by Gasteiger charge is 2.19. The molecule has 140 valence electrons. The van der Waals surface area contributed by atoms with Gasteiger partial charge in [0.2, 0.25) is 0 Å². The van der Waals surface area contributed by atoms with Gasteiger partial charge in [0.1, 0.15) is 12.4 Å². The fourth-order valence-corrected chi connectivity index (χ4v) is 3.48. The van der Waals surface area contributed by atoms with Gasteiger partial charge in [0.15, 0.2) is 0 Å². The van der Waals surface area contributed by atoms with Crippen LogP contribution in [0.1, 0.15) is 27.2 Å². The smallest absolute Gasteiger partial charge is 0.262 e. The summed E-state index contributed by atoms with van der Waals surface area (Å²) in [6.07, 6.45) is 0. The molecular formula is C24H21NO3. The Kier molecular flexibility index (Phi) is 4.96. The Balaban J connectivity index is 1.66. The van der Waals surface area contributed by atoms with Gasteiger partial charge in [-0.05, 0) is 36.8 Å². The Bertz CT molecular complexity index is 1130. The first-order valence-electron chi connectivity index (χ1n) is 9.20. The molecule has 0 saturated carbocycles. The Morgan fingerprint density at radius 3 is 2.50 bits per heavy atom. The first kappa shape index (κ1) is 18.0. The molecule has 4 rings (SSSR count). The second-order valence-electron chi connectivity index (χ2n) is 6.68. The predicted octanol–water partition coefficient (Wildman–Crippen LogP) is 4.71. The van der Waals surface area contributed by atoms with Crippen LogP contribution in [0.3, 0.4) is 0 Å².